The van der Waals surface area contributed by atoms with Crippen molar-refractivity contribution in [2.45, 2.75) is 25.8 Å². The van der Waals surface area contributed by atoms with E-state index in [1.807, 2.05) is 13.8 Å². The van der Waals surface area contributed by atoms with Crippen molar-refractivity contribution in [2.75, 3.05) is 12.3 Å². The van der Waals surface area contributed by atoms with Crippen molar-refractivity contribution < 1.29 is 9.90 Å². The zero-order valence-electron chi connectivity index (χ0n) is 9.53. The van der Waals surface area contributed by atoms with Gasteiger partial charge in [0.25, 0.3) is 5.91 Å². The van der Waals surface area contributed by atoms with Crippen molar-refractivity contribution in [1.82, 2.24) is 10.3 Å². The molecule has 4 N–H and O–H groups in total. The van der Waals surface area contributed by atoms with E-state index in [1.54, 1.807) is 12.1 Å². The smallest absolute Gasteiger partial charge is 0.270 e. The van der Waals surface area contributed by atoms with Crippen molar-refractivity contribution in [3.05, 3.63) is 24.0 Å². The van der Waals surface area contributed by atoms with Crippen molar-refractivity contribution in [2.24, 2.45) is 0 Å². The lowest BCUT2D eigenvalue weighted by molar-refractivity contribution is 0.0894. The molecule has 0 fully saturated rings. The summed E-state index contributed by atoms with van der Waals surface area (Å²) in [6, 6.07) is 3.20. The van der Waals surface area contributed by atoms with Gasteiger partial charge in [-0.3, -0.25) is 4.79 Å². The second kappa shape index (κ2) is 4.94. The predicted molar refractivity (Wildman–Crippen MR) is 61.9 cm³/mol. The highest BCUT2D eigenvalue weighted by Gasteiger charge is 2.20. The second-order valence-corrected chi connectivity index (χ2v) is 4.29. The van der Waals surface area contributed by atoms with E-state index in [4.69, 9.17) is 10.8 Å². The number of aliphatic hydroxyl groups is 1. The molecule has 0 aromatic carbocycles. The van der Waals surface area contributed by atoms with Gasteiger partial charge < -0.3 is 16.2 Å². The minimum Gasteiger partial charge on any atom is -0.397 e. The van der Waals surface area contributed by atoms with E-state index < -0.39 is 5.54 Å². The van der Waals surface area contributed by atoms with Crippen LogP contribution in [-0.4, -0.2) is 28.1 Å². The summed E-state index contributed by atoms with van der Waals surface area (Å²) < 4.78 is 0. The first-order chi connectivity index (χ1) is 7.44. The van der Waals surface area contributed by atoms with E-state index in [0.717, 1.165) is 0 Å². The maximum absolute atomic E-state index is 11.8. The number of nitrogen functional groups attached to an aromatic ring is 1. The van der Waals surface area contributed by atoms with Gasteiger partial charge in [-0.1, -0.05) is 0 Å². The monoisotopic (exact) mass is 223 g/mol. The zero-order valence-corrected chi connectivity index (χ0v) is 9.53. The molecule has 16 heavy (non-hydrogen) atoms. The van der Waals surface area contributed by atoms with Gasteiger partial charge >= 0.3 is 0 Å². The SMILES string of the molecule is CC(C)(CCO)NC(=O)c1ccc(N)cn1. The Morgan fingerprint density at radius 3 is 2.75 bits per heavy atom. The number of nitrogens with one attached hydrogen (secondary N) is 1. The third kappa shape index (κ3) is 3.51. The number of nitrogens with two attached hydrogens (primary N) is 1. The van der Waals surface area contributed by atoms with Crippen LogP contribution >= 0.6 is 0 Å². The van der Waals surface area contributed by atoms with E-state index in [2.05, 4.69) is 10.3 Å². The summed E-state index contributed by atoms with van der Waals surface area (Å²) in [5.74, 6) is -0.265. The van der Waals surface area contributed by atoms with Crippen molar-refractivity contribution in [1.29, 1.82) is 0 Å². The number of carbonyl (C=O) groups is 1. The maximum Gasteiger partial charge on any atom is 0.270 e. The van der Waals surface area contributed by atoms with Gasteiger partial charge in [0, 0.05) is 12.1 Å². The van der Waals surface area contributed by atoms with Crippen LogP contribution < -0.4 is 11.1 Å². The lowest BCUT2D eigenvalue weighted by atomic mass is 10.0. The minimum absolute atomic E-state index is 0.0302. The Morgan fingerprint density at radius 2 is 2.25 bits per heavy atom. The molecular weight excluding hydrogens is 206 g/mol. The molecule has 5 heteroatoms. The van der Waals surface area contributed by atoms with Crippen LogP contribution in [-0.2, 0) is 0 Å². The highest BCUT2D eigenvalue weighted by atomic mass is 16.3. The first-order valence-electron chi connectivity index (χ1n) is 5.09. The Bertz CT molecular complexity index is 360. The molecule has 1 rings (SSSR count). The summed E-state index contributed by atoms with van der Waals surface area (Å²) in [5.41, 5.74) is 5.86. The van der Waals surface area contributed by atoms with Crippen molar-refractivity contribution in [3.8, 4) is 0 Å². The van der Waals surface area contributed by atoms with Crippen molar-refractivity contribution in [3.63, 3.8) is 0 Å². The van der Waals surface area contributed by atoms with Crippen LogP contribution in [0, 0.1) is 0 Å². The standard InChI is InChI=1S/C11H17N3O2/c1-11(2,5-6-15)14-10(16)9-4-3-8(12)7-13-9/h3-4,7,15H,5-6,12H2,1-2H3,(H,14,16). The Kier molecular flexibility index (Phi) is 3.84. The summed E-state index contributed by atoms with van der Waals surface area (Å²) in [5, 5.41) is 11.6. The first-order valence-corrected chi connectivity index (χ1v) is 5.09. The van der Waals surface area contributed by atoms with E-state index in [9.17, 15) is 4.79 Å². The fraction of sp³-hybridized carbons (Fsp3) is 0.455. The van der Waals surface area contributed by atoms with Gasteiger partial charge in [0.05, 0.1) is 11.9 Å². The Labute approximate surface area is 94.7 Å². The number of hydrogen-bond donors (Lipinski definition) is 3. The average Bonchev–Trinajstić information content (AvgIpc) is 2.17. The maximum atomic E-state index is 11.8. The number of pyridine rings is 1. The fourth-order valence-corrected chi connectivity index (χ4v) is 1.25. The summed E-state index contributed by atoms with van der Waals surface area (Å²) >= 11 is 0. The topological polar surface area (TPSA) is 88.2 Å². The number of amides is 1. The molecule has 1 aromatic rings. The van der Waals surface area contributed by atoms with Crippen LogP contribution in [0.4, 0.5) is 5.69 Å². The van der Waals surface area contributed by atoms with Crippen LogP contribution in [0.25, 0.3) is 0 Å². The predicted octanol–water partition coefficient (Wildman–Crippen LogP) is 0.555. The quantitative estimate of drug-likeness (QED) is 0.695. The third-order valence-electron chi connectivity index (χ3n) is 2.21. The Hall–Kier alpha value is -1.62. The highest BCUT2D eigenvalue weighted by molar-refractivity contribution is 5.92. The number of aromatic nitrogens is 1. The number of rotatable bonds is 4. The average molecular weight is 223 g/mol. The normalized spacial score (nSPS) is 11.2. The number of carbonyl (C=O) groups excluding carboxylic acids is 1. The van der Waals surface area contributed by atoms with Gasteiger partial charge in [0.15, 0.2) is 0 Å². The van der Waals surface area contributed by atoms with Crippen LogP contribution in [0.1, 0.15) is 30.8 Å². The number of aliphatic hydroxyl groups excluding tert-OH is 1. The molecule has 1 aromatic heterocycles. The number of anilines is 1. The van der Waals surface area contributed by atoms with Crippen LogP contribution in [0.5, 0.6) is 0 Å². The van der Waals surface area contributed by atoms with Gasteiger partial charge in [-0.25, -0.2) is 4.98 Å². The van der Waals surface area contributed by atoms with Gasteiger partial charge in [0.2, 0.25) is 0 Å². The number of nitrogens with zero attached hydrogens (tertiary/aromatic N) is 1. The first kappa shape index (κ1) is 12.4. The molecule has 0 aliphatic carbocycles. The molecule has 0 unspecified atom stereocenters. The van der Waals surface area contributed by atoms with Crippen molar-refractivity contribution >= 4 is 11.6 Å². The van der Waals surface area contributed by atoms with E-state index in [-0.39, 0.29) is 12.5 Å². The van der Waals surface area contributed by atoms with Crippen LogP contribution in [0.15, 0.2) is 18.3 Å². The lowest BCUT2D eigenvalue weighted by Gasteiger charge is -2.25. The lowest BCUT2D eigenvalue weighted by Crippen LogP contribution is -2.44. The molecule has 1 heterocycles. The molecule has 0 saturated heterocycles. The molecule has 88 valence electrons. The summed E-state index contributed by atoms with van der Waals surface area (Å²) in [4.78, 5) is 15.7. The van der Waals surface area contributed by atoms with Gasteiger partial charge in [-0.2, -0.15) is 0 Å². The molecule has 0 radical (unpaired) electrons. The Balaban J connectivity index is 2.69. The van der Waals surface area contributed by atoms with Gasteiger partial charge in [0.1, 0.15) is 5.69 Å². The molecular formula is C11H17N3O2. The van der Waals surface area contributed by atoms with Gasteiger partial charge in [-0.15, -0.1) is 0 Å². The molecule has 1 amide bonds. The largest absolute Gasteiger partial charge is 0.397 e. The molecule has 0 aliphatic heterocycles. The molecule has 0 atom stereocenters. The van der Waals surface area contributed by atoms with E-state index >= 15 is 0 Å². The Morgan fingerprint density at radius 1 is 1.56 bits per heavy atom. The molecule has 0 spiro atoms. The fourth-order valence-electron chi connectivity index (χ4n) is 1.25. The second-order valence-electron chi connectivity index (χ2n) is 4.29. The van der Waals surface area contributed by atoms with Gasteiger partial charge in [-0.05, 0) is 32.4 Å². The van der Waals surface area contributed by atoms with Crippen LogP contribution in [0.2, 0.25) is 0 Å². The third-order valence-corrected chi connectivity index (χ3v) is 2.21. The summed E-state index contributed by atoms with van der Waals surface area (Å²) in [6.07, 6.45) is 1.93. The van der Waals surface area contributed by atoms with Crippen LogP contribution in [0.3, 0.4) is 0 Å². The number of hydrogen-bond acceptors (Lipinski definition) is 4. The summed E-state index contributed by atoms with van der Waals surface area (Å²) in [7, 11) is 0. The highest BCUT2D eigenvalue weighted by Crippen LogP contribution is 2.09. The summed E-state index contributed by atoms with van der Waals surface area (Å²) in [6.45, 7) is 3.72. The molecule has 5 nitrogen and oxygen atoms in total. The molecule has 0 bridgehead atoms. The zero-order chi connectivity index (χ0) is 12.2. The minimum atomic E-state index is -0.450. The molecule has 0 aliphatic rings. The van der Waals surface area contributed by atoms with E-state index in [1.165, 1.54) is 6.20 Å². The molecule has 0 saturated carbocycles. The van der Waals surface area contributed by atoms with E-state index in [0.29, 0.717) is 17.8 Å².